The summed E-state index contributed by atoms with van der Waals surface area (Å²) in [7, 11) is 2.06. The summed E-state index contributed by atoms with van der Waals surface area (Å²) in [5, 5.41) is 3.52. The van der Waals surface area contributed by atoms with Gasteiger partial charge in [-0.3, -0.25) is 9.80 Å². The van der Waals surface area contributed by atoms with E-state index in [4.69, 9.17) is 9.47 Å². The molecule has 5 rings (SSSR count). The smallest absolute Gasteiger partial charge is 0.161 e. The zero-order valence-corrected chi connectivity index (χ0v) is 12.5. The highest BCUT2D eigenvalue weighted by Gasteiger charge is 2.37. The summed E-state index contributed by atoms with van der Waals surface area (Å²) in [5.74, 6) is 1.75. The first kappa shape index (κ1) is 13.4. The number of nitrogens with zero attached hydrogens (tertiary/aromatic N) is 2. The molecule has 0 spiro atoms. The van der Waals surface area contributed by atoms with Gasteiger partial charge in [0.15, 0.2) is 11.5 Å². The predicted molar refractivity (Wildman–Crippen MR) is 81.0 cm³/mol. The Morgan fingerprint density at radius 3 is 2.52 bits per heavy atom. The fraction of sp³-hybridized carbons (Fsp3) is 0.625. The number of piperazine rings is 3. The van der Waals surface area contributed by atoms with Crippen molar-refractivity contribution in [3.63, 3.8) is 0 Å². The summed E-state index contributed by atoms with van der Waals surface area (Å²) < 4.78 is 11.4. The Hall–Kier alpha value is -1.30. The molecule has 4 heterocycles. The molecule has 0 aromatic heterocycles. The van der Waals surface area contributed by atoms with Gasteiger partial charge < -0.3 is 14.8 Å². The van der Waals surface area contributed by atoms with Gasteiger partial charge in [0.25, 0.3) is 0 Å². The van der Waals surface area contributed by atoms with Crippen LogP contribution in [0.1, 0.15) is 11.6 Å². The van der Waals surface area contributed by atoms with Crippen LogP contribution < -0.4 is 14.8 Å². The summed E-state index contributed by atoms with van der Waals surface area (Å²) in [5.41, 5.74) is 1.29. The highest BCUT2D eigenvalue weighted by molar-refractivity contribution is 5.45. The second-order valence-corrected chi connectivity index (χ2v) is 6.07. The maximum absolute atomic E-state index is 5.73. The summed E-state index contributed by atoms with van der Waals surface area (Å²) >= 11 is 0. The number of fused-ring (bicyclic) bond motifs is 4. The zero-order chi connectivity index (χ0) is 14.2. The minimum Gasteiger partial charge on any atom is -0.486 e. The topological polar surface area (TPSA) is 37.0 Å². The van der Waals surface area contributed by atoms with E-state index in [2.05, 4.69) is 34.3 Å². The monoisotopic (exact) mass is 289 g/mol. The molecule has 0 saturated carbocycles. The molecule has 1 aromatic rings. The lowest BCUT2D eigenvalue weighted by Gasteiger charge is -2.50. The summed E-state index contributed by atoms with van der Waals surface area (Å²) in [6.45, 7) is 7.25. The summed E-state index contributed by atoms with van der Waals surface area (Å²) in [4.78, 5) is 5.20. The van der Waals surface area contributed by atoms with Crippen LogP contribution in [-0.2, 0) is 0 Å². The van der Waals surface area contributed by atoms with Crippen LogP contribution in [0.3, 0.4) is 0 Å². The first-order valence-corrected chi connectivity index (χ1v) is 7.88. The van der Waals surface area contributed by atoms with Crippen LogP contribution >= 0.6 is 0 Å². The number of nitrogens with one attached hydrogen (secondary N) is 1. The molecule has 3 fully saturated rings. The van der Waals surface area contributed by atoms with Crippen molar-refractivity contribution in [2.45, 2.75) is 12.1 Å². The van der Waals surface area contributed by atoms with E-state index in [0.717, 1.165) is 18.0 Å². The molecule has 114 valence electrons. The predicted octanol–water partition coefficient (Wildman–Crippen LogP) is 0.718. The van der Waals surface area contributed by atoms with Crippen molar-refractivity contribution in [3.8, 4) is 11.5 Å². The number of benzene rings is 1. The van der Waals surface area contributed by atoms with Gasteiger partial charge in [-0.15, -0.1) is 0 Å². The minimum absolute atomic E-state index is 0.337. The fourth-order valence-corrected chi connectivity index (χ4v) is 3.81. The average Bonchev–Trinajstić information content (AvgIpc) is 2.57. The van der Waals surface area contributed by atoms with Crippen molar-refractivity contribution in [2.24, 2.45) is 0 Å². The van der Waals surface area contributed by atoms with Gasteiger partial charge in [-0.2, -0.15) is 0 Å². The maximum atomic E-state index is 5.73. The third kappa shape index (κ3) is 2.39. The molecule has 4 aliphatic heterocycles. The Balaban J connectivity index is 1.60. The van der Waals surface area contributed by atoms with E-state index in [1.807, 2.05) is 6.07 Å². The van der Waals surface area contributed by atoms with Crippen LogP contribution in [-0.4, -0.2) is 68.8 Å². The third-order valence-corrected chi connectivity index (χ3v) is 4.94. The van der Waals surface area contributed by atoms with Crippen molar-refractivity contribution < 1.29 is 9.47 Å². The molecule has 2 unspecified atom stereocenters. The third-order valence-electron chi connectivity index (χ3n) is 4.94. The van der Waals surface area contributed by atoms with Crippen LogP contribution in [0.25, 0.3) is 0 Å². The largest absolute Gasteiger partial charge is 0.486 e. The van der Waals surface area contributed by atoms with Crippen LogP contribution in [0.5, 0.6) is 11.5 Å². The molecular formula is C16H23N3O2. The van der Waals surface area contributed by atoms with Crippen LogP contribution in [0.15, 0.2) is 18.2 Å². The first-order valence-electron chi connectivity index (χ1n) is 7.88. The Morgan fingerprint density at radius 1 is 1.10 bits per heavy atom. The Kier molecular flexibility index (Phi) is 3.49. The lowest BCUT2D eigenvalue weighted by molar-refractivity contribution is -0.00260. The molecule has 5 heteroatoms. The van der Waals surface area contributed by atoms with Gasteiger partial charge in [-0.25, -0.2) is 0 Å². The molecule has 5 nitrogen and oxygen atoms in total. The summed E-state index contributed by atoms with van der Waals surface area (Å²) in [6, 6.07) is 7.25. The van der Waals surface area contributed by atoms with E-state index < -0.39 is 0 Å². The quantitative estimate of drug-likeness (QED) is 0.887. The van der Waals surface area contributed by atoms with Crippen molar-refractivity contribution in [1.29, 1.82) is 0 Å². The molecule has 2 bridgehead atoms. The van der Waals surface area contributed by atoms with E-state index >= 15 is 0 Å². The van der Waals surface area contributed by atoms with Gasteiger partial charge in [-0.05, 0) is 24.7 Å². The van der Waals surface area contributed by atoms with Crippen LogP contribution in [0.4, 0.5) is 0 Å². The Morgan fingerprint density at radius 2 is 1.86 bits per heavy atom. The van der Waals surface area contributed by atoms with E-state index in [9.17, 15) is 0 Å². The highest BCUT2D eigenvalue weighted by Crippen LogP contribution is 2.35. The molecule has 1 aromatic carbocycles. The fourth-order valence-electron chi connectivity index (χ4n) is 3.81. The van der Waals surface area contributed by atoms with Gasteiger partial charge in [0, 0.05) is 44.8 Å². The normalized spacial score (nSPS) is 32.0. The molecule has 21 heavy (non-hydrogen) atoms. The lowest BCUT2D eigenvalue weighted by Crippen LogP contribution is -2.63. The van der Waals surface area contributed by atoms with E-state index in [1.165, 1.54) is 31.7 Å². The van der Waals surface area contributed by atoms with Gasteiger partial charge in [0.2, 0.25) is 0 Å². The standard InChI is InChI=1S/C16H23N3O2/c1-17-16(13-11-18-4-6-19(13)7-5-18)12-2-3-14-15(10-12)21-9-8-20-14/h2-3,10,13,16-17H,4-9,11H2,1H3. The lowest BCUT2D eigenvalue weighted by atomic mass is 9.93. The zero-order valence-electron chi connectivity index (χ0n) is 12.5. The SMILES string of the molecule is CNC(c1ccc2c(c1)OCCO2)C1CN2CCN1CC2. The van der Waals surface area contributed by atoms with Crippen molar-refractivity contribution in [3.05, 3.63) is 23.8 Å². The second kappa shape index (κ2) is 5.48. The van der Waals surface area contributed by atoms with E-state index in [0.29, 0.717) is 25.3 Å². The van der Waals surface area contributed by atoms with Crippen LogP contribution in [0, 0.1) is 0 Å². The molecule has 2 atom stereocenters. The van der Waals surface area contributed by atoms with Crippen molar-refractivity contribution in [1.82, 2.24) is 15.1 Å². The molecule has 0 aliphatic carbocycles. The number of ether oxygens (including phenoxy) is 2. The average molecular weight is 289 g/mol. The summed E-state index contributed by atoms with van der Waals surface area (Å²) in [6.07, 6.45) is 0. The maximum Gasteiger partial charge on any atom is 0.161 e. The Bertz CT molecular complexity index is 514. The molecule has 1 N–H and O–H groups in total. The molecule has 3 saturated heterocycles. The second-order valence-electron chi connectivity index (χ2n) is 6.07. The molecule has 4 aliphatic rings. The van der Waals surface area contributed by atoms with E-state index in [-0.39, 0.29) is 0 Å². The first-order chi connectivity index (χ1) is 10.3. The molecular weight excluding hydrogens is 266 g/mol. The van der Waals surface area contributed by atoms with Crippen LogP contribution in [0.2, 0.25) is 0 Å². The number of rotatable bonds is 3. The van der Waals surface area contributed by atoms with Gasteiger partial charge in [0.05, 0.1) is 0 Å². The van der Waals surface area contributed by atoms with Crippen molar-refractivity contribution in [2.75, 3.05) is 53.0 Å². The number of hydrogen-bond acceptors (Lipinski definition) is 5. The number of hydrogen-bond donors (Lipinski definition) is 1. The van der Waals surface area contributed by atoms with E-state index in [1.54, 1.807) is 0 Å². The number of likely N-dealkylation sites (N-methyl/N-ethyl adjacent to an activating group) is 1. The minimum atomic E-state index is 0.337. The van der Waals surface area contributed by atoms with Gasteiger partial charge in [-0.1, -0.05) is 6.07 Å². The molecule has 0 amide bonds. The van der Waals surface area contributed by atoms with Gasteiger partial charge in [0.1, 0.15) is 13.2 Å². The van der Waals surface area contributed by atoms with Gasteiger partial charge >= 0.3 is 0 Å². The highest BCUT2D eigenvalue weighted by atomic mass is 16.6. The van der Waals surface area contributed by atoms with Crippen molar-refractivity contribution >= 4 is 0 Å². The Labute approximate surface area is 125 Å². The molecule has 0 radical (unpaired) electrons.